The lowest BCUT2D eigenvalue weighted by molar-refractivity contribution is 0.332. The van der Waals surface area contributed by atoms with Gasteiger partial charge in [-0.15, -0.1) is 0 Å². The third-order valence-electron chi connectivity index (χ3n) is 3.67. The molecule has 5 nitrogen and oxygen atoms in total. The van der Waals surface area contributed by atoms with Crippen LogP contribution in [0.4, 0.5) is 13.2 Å². The van der Waals surface area contributed by atoms with Crippen LogP contribution in [-0.4, -0.2) is 13.6 Å². The molecule has 0 unspecified atom stereocenters. The molecule has 3 aromatic rings. The molecule has 11 heteroatoms. The molecule has 0 amide bonds. The van der Waals surface area contributed by atoms with Crippen LogP contribution in [-0.2, 0) is 16.7 Å². The Morgan fingerprint density at radius 2 is 1.78 bits per heavy atom. The number of hydrogen-bond donors (Lipinski definition) is 1. The minimum Gasteiger partial charge on any atom is -0.357 e. The van der Waals surface area contributed by atoms with E-state index in [0.717, 1.165) is 0 Å². The first kappa shape index (κ1) is 19.7. The number of alkyl halides is 1. The van der Waals surface area contributed by atoms with Gasteiger partial charge in [0, 0.05) is 11.1 Å². The van der Waals surface area contributed by atoms with Crippen LogP contribution >= 0.6 is 23.2 Å². The fourth-order valence-electron chi connectivity index (χ4n) is 2.47. The number of nitrogens with two attached hydrogens (primary N) is 1. The normalized spacial score (nSPS) is 11.8. The summed E-state index contributed by atoms with van der Waals surface area (Å²) < 4.78 is 69.6. The second-order valence-corrected chi connectivity index (χ2v) is 7.74. The summed E-state index contributed by atoms with van der Waals surface area (Å²) in [6, 6.07) is 5.30. The summed E-state index contributed by atoms with van der Waals surface area (Å²) >= 11 is 11.8. The molecule has 0 aliphatic rings. The summed E-state index contributed by atoms with van der Waals surface area (Å²) in [5, 5.41) is 8.94. The summed E-state index contributed by atoms with van der Waals surface area (Å²) in [6.45, 7) is -1.17. The molecule has 3 rings (SSSR count). The molecule has 2 aromatic carbocycles. The highest BCUT2D eigenvalue weighted by Crippen LogP contribution is 2.39. The molecule has 0 bridgehead atoms. The second kappa shape index (κ2) is 7.16. The molecule has 2 N–H and O–H groups in total. The molecule has 0 saturated heterocycles. The lowest BCUT2D eigenvalue weighted by Crippen LogP contribution is -2.14. The standard InChI is InChI=1S/C16H9Cl2F3N2O3S/c17-9-2-1-7(3-10(9)18)16-15(13(6-19)26-23-16)8-4-12(21)14(5-11(8)20)27(22,24)25/h1-5H,6H2,(H2,22,24,25). The average Bonchev–Trinajstić information content (AvgIpc) is 3.01. The largest absolute Gasteiger partial charge is 0.357 e. The molecule has 0 spiro atoms. The minimum absolute atomic E-state index is 0.0251. The smallest absolute Gasteiger partial charge is 0.241 e. The van der Waals surface area contributed by atoms with Crippen molar-refractivity contribution >= 4 is 33.2 Å². The fourth-order valence-corrected chi connectivity index (χ4v) is 3.37. The van der Waals surface area contributed by atoms with Gasteiger partial charge in [-0.3, -0.25) is 0 Å². The number of hydrogen-bond acceptors (Lipinski definition) is 4. The van der Waals surface area contributed by atoms with Gasteiger partial charge in [0.05, 0.1) is 15.6 Å². The third kappa shape index (κ3) is 3.68. The van der Waals surface area contributed by atoms with Gasteiger partial charge in [0.1, 0.15) is 22.2 Å². The molecule has 0 aliphatic carbocycles. The zero-order valence-corrected chi connectivity index (χ0v) is 15.5. The van der Waals surface area contributed by atoms with Crippen LogP contribution < -0.4 is 5.14 Å². The molecule has 0 atom stereocenters. The number of aromatic nitrogens is 1. The quantitative estimate of drug-likeness (QED) is 0.641. The molecular formula is C16H9Cl2F3N2O3S. The van der Waals surface area contributed by atoms with E-state index in [2.05, 4.69) is 5.16 Å². The zero-order chi connectivity index (χ0) is 19.9. The number of nitrogens with zero attached hydrogens (tertiary/aromatic N) is 1. The highest BCUT2D eigenvalue weighted by molar-refractivity contribution is 7.89. The van der Waals surface area contributed by atoms with Gasteiger partial charge in [0.2, 0.25) is 10.0 Å². The van der Waals surface area contributed by atoms with Gasteiger partial charge >= 0.3 is 0 Å². The van der Waals surface area contributed by atoms with E-state index in [4.69, 9.17) is 32.9 Å². The van der Waals surface area contributed by atoms with Crippen molar-refractivity contribution in [2.45, 2.75) is 11.6 Å². The fraction of sp³-hybridized carbons (Fsp3) is 0.0625. The van der Waals surface area contributed by atoms with Crippen LogP contribution in [0.5, 0.6) is 0 Å². The van der Waals surface area contributed by atoms with E-state index in [1.54, 1.807) is 0 Å². The Hall–Kier alpha value is -2.07. The van der Waals surface area contributed by atoms with Gasteiger partial charge in [0.15, 0.2) is 12.4 Å². The third-order valence-corrected chi connectivity index (χ3v) is 5.34. The van der Waals surface area contributed by atoms with Crippen molar-refractivity contribution in [3.63, 3.8) is 0 Å². The Labute approximate surface area is 161 Å². The maximum atomic E-state index is 14.6. The molecule has 0 fully saturated rings. The predicted molar refractivity (Wildman–Crippen MR) is 93.5 cm³/mol. The number of halogens is 5. The van der Waals surface area contributed by atoms with Crippen LogP contribution in [0.1, 0.15) is 5.76 Å². The van der Waals surface area contributed by atoms with Gasteiger partial charge in [0.25, 0.3) is 0 Å². The molecule has 27 heavy (non-hydrogen) atoms. The van der Waals surface area contributed by atoms with E-state index in [1.165, 1.54) is 18.2 Å². The van der Waals surface area contributed by atoms with Crippen molar-refractivity contribution in [2.24, 2.45) is 5.14 Å². The molecule has 142 valence electrons. The van der Waals surface area contributed by atoms with Gasteiger partial charge in [-0.1, -0.05) is 34.4 Å². The van der Waals surface area contributed by atoms with E-state index in [1.807, 2.05) is 0 Å². The van der Waals surface area contributed by atoms with Gasteiger partial charge in [-0.25, -0.2) is 26.7 Å². The highest BCUT2D eigenvalue weighted by Gasteiger charge is 2.26. The van der Waals surface area contributed by atoms with Gasteiger partial charge in [-0.2, -0.15) is 0 Å². The number of primary sulfonamides is 1. The minimum atomic E-state index is -4.49. The number of sulfonamides is 1. The van der Waals surface area contributed by atoms with E-state index in [-0.39, 0.29) is 27.1 Å². The number of rotatable bonds is 4. The summed E-state index contributed by atoms with van der Waals surface area (Å²) in [5.41, 5.74) is -0.357. The van der Waals surface area contributed by atoms with Crippen molar-refractivity contribution < 1.29 is 26.1 Å². The van der Waals surface area contributed by atoms with Crippen molar-refractivity contribution in [2.75, 3.05) is 0 Å². The summed E-state index contributed by atoms with van der Waals surface area (Å²) in [5.74, 6) is -2.84. The van der Waals surface area contributed by atoms with Crippen LogP contribution in [0.2, 0.25) is 10.0 Å². The van der Waals surface area contributed by atoms with Crippen molar-refractivity contribution in [3.8, 4) is 22.4 Å². The molecular weight excluding hydrogens is 428 g/mol. The maximum Gasteiger partial charge on any atom is 0.241 e. The SMILES string of the molecule is NS(=O)(=O)c1cc(F)c(-c2c(-c3ccc(Cl)c(Cl)c3)noc2CF)cc1F. The van der Waals surface area contributed by atoms with Crippen molar-refractivity contribution in [1.29, 1.82) is 0 Å². The zero-order valence-electron chi connectivity index (χ0n) is 13.1. The molecule has 1 heterocycles. The van der Waals surface area contributed by atoms with Gasteiger partial charge in [-0.05, 0) is 24.3 Å². The lowest BCUT2D eigenvalue weighted by Gasteiger charge is -2.08. The van der Waals surface area contributed by atoms with E-state index >= 15 is 0 Å². The number of benzene rings is 2. The lowest BCUT2D eigenvalue weighted by atomic mass is 9.98. The summed E-state index contributed by atoms with van der Waals surface area (Å²) in [7, 11) is -4.49. The van der Waals surface area contributed by atoms with Crippen LogP contribution in [0, 0.1) is 11.6 Å². The van der Waals surface area contributed by atoms with E-state index in [0.29, 0.717) is 17.7 Å². The first-order valence-corrected chi connectivity index (χ1v) is 9.46. The monoisotopic (exact) mass is 436 g/mol. The van der Waals surface area contributed by atoms with E-state index < -0.39 is 38.8 Å². The second-order valence-electron chi connectivity index (χ2n) is 5.40. The van der Waals surface area contributed by atoms with Crippen LogP contribution in [0.25, 0.3) is 22.4 Å². The molecule has 0 saturated carbocycles. The Morgan fingerprint density at radius 1 is 1.07 bits per heavy atom. The average molecular weight is 437 g/mol. The first-order valence-electron chi connectivity index (χ1n) is 7.15. The first-order chi connectivity index (χ1) is 12.6. The van der Waals surface area contributed by atoms with Crippen molar-refractivity contribution in [1.82, 2.24) is 5.16 Å². The molecule has 1 aromatic heterocycles. The van der Waals surface area contributed by atoms with Gasteiger partial charge < -0.3 is 4.52 Å². The molecule has 0 aliphatic heterocycles. The van der Waals surface area contributed by atoms with Crippen LogP contribution in [0.15, 0.2) is 39.8 Å². The Kier molecular flexibility index (Phi) is 5.22. The van der Waals surface area contributed by atoms with Crippen LogP contribution in [0.3, 0.4) is 0 Å². The van der Waals surface area contributed by atoms with E-state index in [9.17, 15) is 21.6 Å². The van der Waals surface area contributed by atoms with Crippen molar-refractivity contribution in [3.05, 3.63) is 57.8 Å². The Morgan fingerprint density at radius 3 is 2.37 bits per heavy atom. The summed E-state index contributed by atoms with van der Waals surface area (Å²) in [4.78, 5) is -1.03. The predicted octanol–water partition coefficient (Wildman–Crippen LogP) is 4.71. The highest BCUT2D eigenvalue weighted by atomic mass is 35.5. The Bertz CT molecular complexity index is 1150. The summed E-state index contributed by atoms with van der Waals surface area (Å²) in [6.07, 6.45) is 0. The Balaban J connectivity index is 2.27. The molecule has 0 radical (unpaired) electrons. The topological polar surface area (TPSA) is 86.2 Å². The maximum absolute atomic E-state index is 14.6.